The van der Waals surface area contributed by atoms with Crippen molar-refractivity contribution in [1.82, 2.24) is 14.3 Å². The number of nitrogens with zero attached hydrogens (tertiary/aromatic N) is 4. The van der Waals surface area contributed by atoms with Gasteiger partial charge in [-0.1, -0.05) is 41.9 Å². The number of piperidine rings is 1. The minimum absolute atomic E-state index is 0.0140. The van der Waals surface area contributed by atoms with E-state index in [1.165, 1.54) is 11.5 Å². The van der Waals surface area contributed by atoms with Crippen LogP contribution < -0.4 is 15.9 Å². The van der Waals surface area contributed by atoms with Crippen LogP contribution in [0.5, 0.6) is 0 Å². The zero-order valence-electron chi connectivity index (χ0n) is 14.0. The average molecular weight is 388 g/mol. The van der Waals surface area contributed by atoms with Crippen LogP contribution in [0.3, 0.4) is 0 Å². The van der Waals surface area contributed by atoms with Crippen molar-refractivity contribution >= 4 is 29.0 Å². The highest BCUT2D eigenvalue weighted by molar-refractivity contribution is 7.10. The maximum atomic E-state index is 12.3. The average Bonchev–Trinajstić information content (AvgIpc) is 3.04. The number of hydrogen-bond donors (Lipinski definition) is 1. The number of halogens is 1. The van der Waals surface area contributed by atoms with Crippen molar-refractivity contribution in [2.24, 2.45) is 0 Å². The summed E-state index contributed by atoms with van der Waals surface area (Å²) < 4.78 is 1.64. The van der Waals surface area contributed by atoms with Crippen molar-refractivity contribution in [3.05, 3.63) is 64.0 Å². The zero-order chi connectivity index (χ0) is 17.9. The molecule has 134 valence electrons. The molecule has 1 aromatic carbocycles. The molecule has 0 radical (unpaired) electrons. The molecular formula is C18H18ClN5OS. The molecule has 3 heterocycles. The standard InChI is InChI=1S/C18H18ClN5OS/c19-16-6-7-17(21-20-16)23-10-8-14(9-11-23)22-24-18(25)12-15(26-24)13-4-2-1-3-5-13/h1-7,12,14,22H,8-11H2. The van der Waals surface area contributed by atoms with Gasteiger partial charge in [-0.2, -0.15) is 4.07 Å². The van der Waals surface area contributed by atoms with Crippen LogP contribution in [0.2, 0.25) is 5.15 Å². The van der Waals surface area contributed by atoms with E-state index in [9.17, 15) is 4.79 Å². The van der Waals surface area contributed by atoms with E-state index in [4.69, 9.17) is 11.6 Å². The molecule has 1 fully saturated rings. The summed E-state index contributed by atoms with van der Waals surface area (Å²) in [5.41, 5.74) is 4.41. The van der Waals surface area contributed by atoms with Crippen molar-refractivity contribution in [2.75, 3.05) is 23.4 Å². The Morgan fingerprint density at radius 1 is 1.08 bits per heavy atom. The molecule has 0 spiro atoms. The van der Waals surface area contributed by atoms with Gasteiger partial charge in [0, 0.05) is 25.2 Å². The molecule has 1 N–H and O–H groups in total. The van der Waals surface area contributed by atoms with E-state index in [2.05, 4.69) is 20.5 Å². The van der Waals surface area contributed by atoms with Crippen molar-refractivity contribution in [3.8, 4) is 10.4 Å². The van der Waals surface area contributed by atoms with E-state index in [0.717, 1.165) is 42.2 Å². The number of aromatic nitrogens is 3. The Hall–Kier alpha value is -2.38. The van der Waals surface area contributed by atoms with Crippen LogP contribution in [0.15, 0.2) is 53.3 Å². The quantitative estimate of drug-likeness (QED) is 0.744. The van der Waals surface area contributed by atoms with E-state index in [-0.39, 0.29) is 11.6 Å². The van der Waals surface area contributed by atoms with Crippen molar-refractivity contribution in [3.63, 3.8) is 0 Å². The van der Waals surface area contributed by atoms with Gasteiger partial charge in [0.2, 0.25) is 0 Å². The van der Waals surface area contributed by atoms with Crippen molar-refractivity contribution < 1.29 is 0 Å². The summed E-state index contributed by atoms with van der Waals surface area (Å²) >= 11 is 7.24. The molecule has 3 aromatic rings. The molecule has 0 atom stereocenters. The van der Waals surface area contributed by atoms with Crippen LogP contribution in [-0.4, -0.2) is 33.4 Å². The number of rotatable bonds is 4. The lowest BCUT2D eigenvalue weighted by molar-refractivity contribution is 0.495. The van der Waals surface area contributed by atoms with Crippen LogP contribution >= 0.6 is 23.1 Å². The molecule has 0 unspecified atom stereocenters. The van der Waals surface area contributed by atoms with Gasteiger partial charge in [-0.15, -0.1) is 10.2 Å². The first-order chi connectivity index (χ1) is 12.7. The van der Waals surface area contributed by atoms with Crippen LogP contribution in [-0.2, 0) is 0 Å². The van der Waals surface area contributed by atoms with E-state index >= 15 is 0 Å². The number of hydrogen-bond acceptors (Lipinski definition) is 6. The molecule has 1 aliphatic heterocycles. The molecule has 4 rings (SSSR count). The maximum Gasteiger partial charge on any atom is 0.280 e. The Bertz CT molecular complexity index is 917. The Labute approximate surface area is 160 Å². The van der Waals surface area contributed by atoms with Crippen LogP contribution in [0.4, 0.5) is 5.82 Å². The lowest BCUT2D eigenvalue weighted by Gasteiger charge is -2.32. The third-order valence-electron chi connectivity index (χ3n) is 4.44. The second-order valence-electron chi connectivity index (χ2n) is 6.20. The van der Waals surface area contributed by atoms with E-state index < -0.39 is 0 Å². The number of benzene rings is 1. The molecule has 2 aromatic heterocycles. The Morgan fingerprint density at radius 2 is 1.85 bits per heavy atom. The monoisotopic (exact) mass is 387 g/mol. The minimum atomic E-state index is -0.0140. The summed E-state index contributed by atoms with van der Waals surface area (Å²) in [5, 5.41) is 8.43. The molecule has 0 amide bonds. The van der Waals surface area contributed by atoms with Gasteiger partial charge in [-0.05, 0) is 42.1 Å². The second-order valence-corrected chi connectivity index (χ2v) is 7.58. The first-order valence-corrected chi connectivity index (χ1v) is 9.64. The lowest BCUT2D eigenvalue weighted by atomic mass is 10.1. The molecule has 0 saturated carbocycles. The van der Waals surface area contributed by atoms with Crippen LogP contribution in [0, 0.1) is 0 Å². The van der Waals surface area contributed by atoms with Gasteiger partial charge >= 0.3 is 0 Å². The number of nitrogens with one attached hydrogen (secondary N) is 1. The first kappa shape index (κ1) is 17.1. The van der Waals surface area contributed by atoms with E-state index in [1.54, 1.807) is 16.2 Å². The fourth-order valence-corrected chi connectivity index (χ4v) is 4.09. The van der Waals surface area contributed by atoms with Gasteiger partial charge in [0.1, 0.15) is 0 Å². The molecule has 0 bridgehead atoms. The predicted octanol–water partition coefficient (Wildman–Crippen LogP) is 3.23. The largest absolute Gasteiger partial charge is 0.355 e. The predicted molar refractivity (Wildman–Crippen MR) is 106 cm³/mol. The van der Waals surface area contributed by atoms with Gasteiger partial charge in [0.15, 0.2) is 11.0 Å². The van der Waals surface area contributed by atoms with Crippen LogP contribution in [0.25, 0.3) is 10.4 Å². The lowest BCUT2D eigenvalue weighted by Crippen LogP contribution is -2.43. The third-order valence-corrected chi connectivity index (χ3v) is 5.66. The molecule has 1 aliphatic rings. The summed E-state index contributed by atoms with van der Waals surface area (Å²) in [6.45, 7) is 1.72. The van der Waals surface area contributed by atoms with Gasteiger partial charge in [-0.25, -0.2) is 0 Å². The van der Waals surface area contributed by atoms with Gasteiger partial charge in [0.05, 0.1) is 4.88 Å². The summed E-state index contributed by atoms with van der Waals surface area (Å²) in [6, 6.07) is 15.5. The maximum absolute atomic E-state index is 12.3. The molecular weight excluding hydrogens is 370 g/mol. The van der Waals surface area contributed by atoms with E-state index in [1.807, 2.05) is 36.4 Å². The summed E-state index contributed by atoms with van der Waals surface area (Å²) in [4.78, 5) is 15.4. The highest BCUT2D eigenvalue weighted by Crippen LogP contribution is 2.23. The summed E-state index contributed by atoms with van der Waals surface area (Å²) in [5.74, 6) is 0.840. The molecule has 6 nitrogen and oxygen atoms in total. The fourth-order valence-electron chi connectivity index (χ4n) is 3.05. The number of anilines is 1. The third kappa shape index (κ3) is 3.73. The van der Waals surface area contributed by atoms with E-state index in [0.29, 0.717) is 5.15 Å². The second kappa shape index (κ2) is 7.47. The van der Waals surface area contributed by atoms with Gasteiger partial charge in [0.25, 0.3) is 5.56 Å². The summed E-state index contributed by atoms with van der Waals surface area (Å²) in [7, 11) is 0. The highest BCUT2D eigenvalue weighted by Gasteiger charge is 2.21. The Balaban J connectivity index is 1.40. The topological polar surface area (TPSA) is 63.1 Å². The highest BCUT2D eigenvalue weighted by atomic mass is 35.5. The van der Waals surface area contributed by atoms with Gasteiger partial charge in [-0.3, -0.25) is 4.79 Å². The van der Waals surface area contributed by atoms with Crippen LogP contribution in [0.1, 0.15) is 12.8 Å². The Kier molecular flexibility index (Phi) is 4.90. The smallest absolute Gasteiger partial charge is 0.280 e. The molecule has 8 heteroatoms. The summed E-state index contributed by atoms with van der Waals surface area (Å²) in [6.07, 6.45) is 1.85. The molecule has 1 saturated heterocycles. The molecule has 0 aliphatic carbocycles. The SMILES string of the molecule is O=c1cc(-c2ccccc2)sn1NC1CCN(c2ccc(Cl)nn2)CC1. The zero-order valence-corrected chi connectivity index (χ0v) is 15.6. The first-order valence-electron chi connectivity index (χ1n) is 8.48. The fraction of sp³-hybridized carbons (Fsp3) is 0.278. The Morgan fingerprint density at radius 3 is 2.54 bits per heavy atom. The van der Waals surface area contributed by atoms with Crippen molar-refractivity contribution in [1.29, 1.82) is 0 Å². The van der Waals surface area contributed by atoms with Crippen molar-refractivity contribution in [2.45, 2.75) is 18.9 Å². The van der Waals surface area contributed by atoms with Gasteiger partial charge < -0.3 is 10.3 Å². The minimum Gasteiger partial charge on any atom is -0.355 e. The molecule has 26 heavy (non-hydrogen) atoms. The normalized spacial score (nSPS) is 15.2.